The number of methoxy groups -OCH3 is 1. The third-order valence-corrected chi connectivity index (χ3v) is 3.35. The van der Waals surface area contributed by atoms with Crippen molar-refractivity contribution < 1.29 is 9.53 Å². The van der Waals surface area contributed by atoms with E-state index >= 15 is 0 Å². The summed E-state index contributed by atoms with van der Waals surface area (Å²) in [7, 11) is 1.49. The Hall–Kier alpha value is -1.46. The number of nitrogens with zero attached hydrogens (tertiary/aromatic N) is 2. The average Bonchev–Trinajstić information content (AvgIpc) is 2.42. The Morgan fingerprint density at radius 1 is 1.32 bits per heavy atom. The van der Waals surface area contributed by atoms with E-state index in [1.54, 1.807) is 24.3 Å². The van der Waals surface area contributed by atoms with Crippen molar-refractivity contribution in [2.24, 2.45) is 0 Å². The molecule has 0 bridgehead atoms. The summed E-state index contributed by atoms with van der Waals surface area (Å²) in [5.74, 6) is 0.234. The second-order valence-electron chi connectivity index (χ2n) is 3.80. The first kappa shape index (κ1) is 14.0. The fourth-order valence-electron chi connectivity index (χ4n) is 1.51. The lowest BCUT2D eigenvalue weighted by Crippen LogP contribution is -2.07. The third-order valence-electron chi connectivity index (χ3n) is 2.50. The molecule has 0 spiro atoms. The van der Waals surface area contributed by atoms with Gasteiger partial charge in [-0.05, 0) is 23.8 Å². The lowest BCUT2D eigenvalue weighted by Gasteiger charge is -2.04. The van der Waals surface area contributed by atoms with E-state index in [4.69, 9.17) is 16.3 Å². The molecule has 98 valence electrons. The van der Waals surface area contributed by atoms with E-state index < -0.39 is 0 Å². The van der Waals surface area contributed by atoms with Crippen LogP contribution in [-0.2, 0) is 6.42 Å². The first-order chi connectivity index (χ1) is 9.10. The molecule has 0 aliphatic heterocycles. The van der Waals surface area contributed by atoms with Gasteiger partial charge in [0.15, 0.2) is 5.78 Å². The molecule has 0 saturated carbocycles. The number of ether oxygens (including phenoxy) is 1. The monoisotopic (exact) mass is 340 g/mol. The van der Waals surface area contributed by atoms with Crippen LogP contribution < -0.4 is 4.74 Å². The third kappa shape index (κ3) is 3.52. The SMILES string of the molecule is COc1ccc(C(=O)Cc2ccc(Br)cc2Cl)nn1. The Bertz CT molecular complexity index is 602. The molecule has 0 fully saturated rings. The van der Waals surface area contributed by atoms with Crippen molar-refractivity contribution in [3.05, 3.63) is 51.1 Å². The molecule has 6 heteroatoms. The van der Waals surface area contributed by atoms with Crippen molar-refractivity contribution in [3.63, 3.8) is 0 Å². The fourth-order valence-corrected chi connectivity index (χ4v) is 2.25. The highest BCUT2D eigenvalue weighted by Gasteiger charge is 2.12. The summed E-state index contributed by atoms with van der Waals surface area (Å²) in [6.45, 7) is 0. The number of carbonyl (C=O) groups excluding carboxylic acids is 1. The maximum Gasteiger partial charge on any atom is 0.233 e. The number of carbonyl (C=O) groups is 1. The van der Waals surface area contributed by atoms with Crippen LogP contribution in [-0.4, -0.2) is 23.1 Å². The van der Waals surface area contributed by atoms with Gasteiger partial charge in [-0.1, -0.05) is 33.6 Å². The summed E-state index contributed by atoms with van der Waals surface area (Å²) in [6, 6.07) is 8.59. The molecule has 19 heavy (non-hydrogen) atoms. The number of halogens is 2. The molecule has 0 N–H and O–H groups in total. The van der Waals surface area contributed by atoms with Crippen LogP contribution in [0.25, 0.3) is 0 Å². The molecule has 4 nitrogen and oxygen atoms in total. The largest absolute Gasteiger partial charge is 0.480 e. The molecule has 0 atom stereocenters. The van der Waals surface area contributed by atoms with Gasteiger partial charge in [-0.25, -0.2) is 0 Å². The van der Waals surface area contributed by atoms with E-state index in [0.717, 1.165) is 10.0 Å². The normalized spacial score (nSPS) is 10.3. The first-order valence-electron chi connectivity index (χ1n) is 5.45. The number of ketones is 1. The number of hydrogen-bond donors (Lipinski definition) is 0. The standard InChI is InChI=1S/C13H10BrClN2O2/c1-19-13-5-4-11(16-17-13)12(18)6-8-2-3-9(14)7-10(8)15/h2-5,7H,6H2,1H3. The van der Waals surface area contributed by atoms with Crippen molar-refractivity contribution in [1.82, 2.24) is 10.2 Å². The fraction of sp³-hybridized carbons (Fsp3) is 0.154. The van der Waals surface area contributed by atoms with Crippen molar-refractivity contribution in [2.45, 2.75) is 6.42 Å². The van der Waals surface area contributed by atoms with Crippen LogP contribution in [0.2, 0.25) is 5.02 Å². The Labute approximate surface area is 123 Å². The molecule has 1 aromatic heterocycles. The Kier molecular flexibility index (Phi) is 4.50. The molecule has 0 unspecified atom stereocenters. The highest BCUT2D eigenvalue weighted by Crippen LogP contribution is 2.22. The van der Waals surface area contributed by atoms with Crippen LogP contribution in [0, 0.1) is 0 Å². The molecule has 0 saturated heterocycles. The molecule has 0 radical (unpaired) electrons. The minimum atomic E-state index is -0.139. The molecule has 1 aromatic carbocycles. The summed E-state index contributed by atoms with van der Waals surface area (Å²) < 4.78 is 5.76. The van der Waals surface area contributed by atoms with Crippen molar-refractivity contribution in [1.29, 1.82) is 0 Å². The van der Waals surface area contributed by atoms with Gasteiger partial charge in [0.1, 0.15) is 5.69 Å². The van der Waals surface area contributed by atoms with Crippen LogP contribution in [0.5, 0.6) is 5.88 Å². The van der Waals surface area contributed by atoms with E-state index in [-0.39, 0.29) is 12.2 Å². The van der Waals surface area contributed by atoms with Crippen molar-refractivity contribution >= 4 is 33.3 Å². The highest BCUT2D eigenvalue weighted by atomic mass is 79.9. The lowest BCUT2D eigenvalue weighted by atomic mass is 10.1. The minimum Gasteiger partial charge on any atom is -0.480 e. The van der Waals surface area contributed by atoms with Crippen LogP contribution in [0.3, 0.4) is 0 Å². The maximum absolute atomic E-state index is 12.0. The molecular formula is C13H10BrClN2O2. The summed E-state index contributed by atoms with van der Waals surface area (Å²) >= 11 is 9.39. The van der Waals surface area contributed by atoms with Crippen LogP contribution >= 0.6 is 27.5 Å². The molecule has 0 amide bonds. The van der Waals surface area contributed by atoms with E-state index in [2.05, 4.69) is 26.1 Å². The van der Waals surface area contributed by atoms with Gasteiger partial charge in [0.05, 0.1) is 7.11 Å². The number of hydrogen-bond acceptors (Lipinski definition) is 4. The van der Waals surface area contributed by atoms with Gasteiger partial charge in [0, 0.05) is 22.0 Å². The molecule has 2 aromatic rings. The minimum absolute atomic E-state index is 0.139. The molecule has 2 rings (SSSR count). The Morgan fingerprint density at radius 3 is 2.68 bits per heavy atom. The highest BCUT2D eigenvalue weighted by molar-refractivity contribution is 9.10. The Balaban J connectivity index is 2.15. The van der Waals surface area contributed by atoms with E-state index in [9.17, 15) is 4.79 Å². The topological polar surface area (TPSA) is 52.1 Å². The number of Topliss-reactive ketones (excluding diaryl/α,β-unsaturated/α-hetero) is 1. The summed E-state index contributed by atoms with van der Waals surface area (Å²) in [5.41, 5.74) is 1.05. The lowest BCUT2D eigenvalue weighted by molar-refractivity contribution is 0.0987. The molecule has 1 heterocycles. The van der Waals surface area contributed by atoms with E-state index in [0.29, 0.717) is 16.6 Å². The number of benzene rings is 1. The summed E-state index contributed by atoms with van der Waals surface area (Å²) in [5, 5.41) is 8.12. The second-order valence-corrected chi connectivity index (χ2v) is 5.12. The van der Waals surface area contributed by atoms with Gasteiger partial charge < -0.3 is 4.74 Å². The molecular weight excluding hydrogens is 332 g/mol. The van der Waals surface area contributed by atoms with E-state index in [1.165, 1.54) is 7.11 Å². The van der Waals surface area contributed by atoms with Crippen molar-refractivity contribution in [3.8, 4) is 5.88 Å². The summed E-state index contributed by atoms with van der Waals surface area (Å²) in [6.07, 6.45) is 0.188. The van der Waals surface area contributed by atoms with Gasteiger partial charge in [-0.15, -0.1) is 10.2 Å². The smallest absolute Gasteiger partial charge is 0.233 e. The van der Waals surface area contributed by atoms with Crippen molar-refractivity contribution in [2.75, 3.05) is 7.11 Å². The number of aromatic nitrogens is 2. The predicted octanol–water partition coefficient (Wildman–Crippen LogP) is 3.33. The van der Waals surface area contributed by atoms with Crippen LogP contribution in [0.4, 0.5) is 0 Å². The molecule has 0 aliphatic rings. The van der Waals surface area contributed by atoms with Gasteiger partial charge >= 0.3 is 0 Å². The second kappa shape index (κ2) is 6.12. The van der Waals surface area contributed by atoms with Crippen LogP contribution in [0.15, 0.2) is 34.8 Å². The Morgan fingerprint density at radius 2 is 2.11 bits per heavy atom. The maximum atomic E-state index is 12.0. The van der Waals surface area contributed by atoms with Gasteiger partial charge in [-0.3, -0.25) is 4.79 Å². The van der Waals surface area contributed by atoms with Gasteiger partial charge in [0.2, 0.25) is 5.88 Å². The number of rotatable bonds is 4. The quantitative estimate of drug-likeness (QED) is 0.801. The first-order valence-corrected chi connectivity index (χ1v) is 6.62. The summed E-state index contributed by atoms with van der Waals surface area (Å²) in [4.78, 5) is 12.0. The zero-order chi connectivity index (χ0) is 13.8. The van der Waals surface area contributed by atoms with Gasteiger partial charge in [-0.2, -0.15) is 0 Å². The van der Waals surface area contributed by atoms with Crippen LogP contribution in [0.1, 0.15) is 16.1 Å². The average molecular weight is 342 g/mol. The van der Waals surface area contributed by atoms with E-state index in [1.807, 2.05) is 6.07 Å². The predicted molar refractivity (Wildman–Crippen MR) is 75.8 cm³/mol. The zero-order valence-corrected chi connectivity index (χ0v) is 12.4. The zero-order valence-electron chi connectivity index (χ0n) is 10.1. The van der Waals surface area contributed by atoms with Gasteiger partial charge in [0.25, 0.3) is 0 Å². The molecule has 0 aliphatic carbocycles.